The van der Waals surface area contributed by atoms with Crippen molar-refractivity contribution in [2.24, 2.45) is 4.99 Å². The second kappa shape index (κ2) is 14.1. The molecule has 0 aromatic rings. The van der Waals surface area contributed by atoms with Crippen molar-refractivity contribution in [1.82, 2.24) is 25.3 Å². The van der Waals surface area contributed by atoms with Gasteiger partial charge in [-0.15, -0.1) is 24.0 Å². The van der Waals surface area contributed by atoms with Crippen LogP contribution < -0.4 is 10.6 Å². The maximum atomic E-state index is 5.08. The van der Waals surface area contributed by atoms with Crippen LogP contribution in [0.5, 0.6) is 0 Å². The number of piperazine rings is 1. The van der Waals surface area contributed by atoms with E-state index in [4.69, 9.17) is 4.74 Å². The predicted octanol–water partition coefficient (Wildman–Crippen LogP) is -0.0165. The number of ether oxygens (including phenoxy) is 1. The Balaban J connectivity index is 0.00000529. The lowest BCUT2D eigenvalue weighted by Crippen LogP contribution is -2.55. The van der Waals surface area contributed by atoms with Gasteiger partial charge in [0.05, 0.1) is 0 Å². The highest BCUT2D eigenvalue weighted by Gasteiger charge is 2.21. The molecule has 0 aromatic carbocycles. The normalized spacial score (nSPS) is 20.1. The standard InChI is InChI=1S/C16H36N6O.HI/c1-17-16(18-7-9-20(2)8-6-12-23-5)19-13-15-14-21(3)10-11-22(15)4;/h15H,6-14H2,1-5H3,(H2,17,18,19);1H. The molecule has 0 aromatic heterocycles. The summed E-state index contributed by atoms with van der Waals surface area (Å²) in [5.41, 5.74) is 0. The minimum absolute atomic E-state index is 0. The van der Waals surface area contributed by atoms with Crippen molar-refractivity contribution in [1.29, 1.82) is 0 Å². The second-order valence-electron chi connectivity index (χ2n) is 6.43. The van der Waals surface area contributed by atoms with E-state index in [1.807, 2.05) is 7.05 Å². The Hall–Kier alpha value is -0.160. The maximum absolute atomic E-state index is 5.08. The number of hydrogen-bond acceptors (Lipinski definition) is 5. The molecule has 0 aliphatic carbocycles. The molecule has 8 heteroatoms. The number of likely N-dealkylation sites (N-methyl/N-ethyl adjacent to an activating group) is 3. The first-order chi connectivity index (χ1) is 11.1. The third-order valence-corrected chi connectivity index (χ3v) is 4.38. The van der Waals surface area contributed by atoms with Gasteiger partial charge in [-0.25, -0.2) is 0 Å². The van der Waals surface area contributed by atoms with Crippen molar-refractivity contribution >= 4 is 29.9 Å². The number of nitrogens with one attached hydrogen (secondary N) is 2. The van der Waals surface area contributed by atoms with Crippen LogP contribution in [0.1, 0.15) is 6.42 Å². The Kier molecular flexibility index (Phi) is 14.0. The Morgan fingerprint density at radius 3 is 2.67 bits per heavy atom. The summed E-state index contributed by atoms with van der Waals surface area (Å²) in [6.07, 6.45) is 1.07. The van der Waals surface area contributed by atoms with E-state index in [2.05, 4.69) is 51.5 Å². The summed E-state index contributed by atoms with van der Waals surface area (Å²) in [6, 6.07) is 0.531. The Morgan fingerprint density at radius 2 is 2.00 bits per heavy atom. The smallest absolute Gasteiger partial charge is 0.191 e. The van der Waals surface area contributed by atoms with Crippen LogP contribution in [0, 0.1) is 0 Å². The molecule has 1 aliphatic rings. The first-order valence-corrected chi connectivity index (χ1v) is 8.57. The van der Waals surface area contributed by atoms with Crippen LogP contribution in [0.4, 0.5) is 0 Å². The van der Waals surface area contributed by atoms with Gasteiger partial charge < -0.3 is 25.2 Å². The summed E-state index contributed by atoms with van der Waals surface area (Å²) in [5, 5.41) is 6.84. The molecular formula is C16H37IN6O. The predicted molar refractivity (Wildman–Crippen MR) is 113 cm³/mol. The summed E-state index contributed by atoms with van der Waals surface area (Å²) in [7, 11) is 10.1. The zero-order valence-corrected chi connectivity index (χ0v) is 18.4. The van der Waals surface area contributed by atoms with Crippen LogP contribution >= 0.6 is 24.0 Å². The summed E-state index contributed by atoms with van der Waals surface area (Å²) < 4.78 is 5.08. The van der Waals surface area contributed by atoms with Crippen molar-refractivity contribution in [2.75, 3.05) is 87.7 Å². The molecule has 0 amide bonds. The molecule has 7 nitrogen and oxygen atoms in total. The summed E-state index contributed by atoms with van der Waals surface area (Å²) >= 11 is 0. The summed E-state index contributed by atoms with van der Waals surface area (Å²) in [6.45, 7) is 8.06. The topological polar surface area (TPSA) is 55.4 Å². The molecule has 1 fully saturated rings. The maximum Gasteiger partial charge on any atom is 0.191 e. The lowest BCUT2D eigenvalue weighted by atomic mass is 10.2. The minimum Gasteiger partial charge on any atom is -0.385 e. The van der Waals surface area contributed by atoms with E-state index in [-0.39, 0.29) is 24.0 Å². The average molecular weight is 456 g/mol. The van der Waals surface area contributed by atoms with Crippen molar-refractivity contribution < 1.29 is 4.74 Å². The monoisotopic (exact) mass is 456 g/mol. The van der Waals surface area contributed by atoms with E-state index >= 15 is 0 Å². The van der Waals surface area contributed by atoms with Crippen LogP contribution in [0.2, 0.25) is 0 Å². The highest BCUT2D eigenvalue weighted by molar-refractivity contribution is 14.0. The Morgan fingerprint density at radius 1 is 1.25 bits per heavy atom. The van der Waals surface area contributed by atoms with Crippen LogP contribution in [-0.2, 0) is 4.74 Å². The largest absolute Gasteiger partial charge is 0.385 e. The van der Waals surface area contributed by atoms with Gasteiger partial charge in [0, 0.05) is 72.6 Å². The van der Waals surface area contributed by atoms with Gasteiger partial charge in [0.2, 0.25) is 0 Å². The van der Waals surface area contributed by atoms with Gasteiger partial charge in [-0.1, -0.05) is 0 Å². The number of hydrogen-bond donors (Lipinski definition) is 2. The van der Waals surface area contributed by atoms with Crippen molar-refractivity contribution in [3.63, 3.8) is 0 Å². The van der Waals surface area contributed by atoms with Crippen LogP contribution in [0.25, 0.3) is 0 Å². The van der Waals surface area contributed by atoms with Crippen LogP contribution in [0.15, 0.2) is 4.99 Å². The lowest BCUT2D eigenvalue weighted by Gasteiger charge is -2.37. The van der Waals surface area contributed by atoms with Crippen molar-refractivity contribution in [2.45, 2.75) is 12.5 Å². The number of methoxy groups -OCH3 is 1. The van der Waals surface area contributed by atoms with E-state index in [0.717, 1.165) is 64.8 Å². The van der Waals surface area contributed by atoms with Crippen LogP contribution in [-0.4, -0.2) is 114 Å². The van der Waals surface area contributed by atoms with E-state index < -0.39 is 0 Å². The molecular weight excluding hydrogens is 419 g/mol. The average Bonchev–Trinajstić information content (AvgIpc) is 2.54. The van der Waals surface area contributed by atoms with E-state index in [9.17, 15) is 0 Å². The second-order valence-corrected chi connectivity index (χ2v) is 6.43. The molecule has 144 valence electrons. The first-order valence-electron chi connectivity index (χ1n) is 8.57. The third-order valence-electron chi connectivity index (χ3n) is 4.38. The van der Waals surface area contributed by atoms with Crippen molar-refractivity contribution in [3.8, 4) is 0 Å². The molecule has 1 atom stereocenters. The number of nitrogens with zero attached hydrogens (tertiary/aromatic N) is 4. The van der Waals surface area contributed by atoms with Gasteiger partial charge in [0.25, 0.3) is 0 Å². The summed E-state index contributed by atoms with van der Waals surface area (Å²) in [5.74, 6) is 0.886. The minimum atomic E-state index is 0. The SMILES string of the molecule is CN=C(NCCN(C)CCCOC)NCC1CN(C)CCN1C.I. The number of rotatable bonds is 9. The fraction of sp³-hybridized carbons (Fsp3) is 0.938. The molecule has 0 bridgehead atoms. The molecule has 24 heavy (non-hydrogen) atoms. The molecule has 1 unspecified atom stereocenters. The van der Waals surface area contributed by atoms with Gasteiger partial charge in [-0.2, -0.15) is 0 Å². The molecule has 0 spiro atoms. The zero-order valence-electron chi connectivity index (χ0n) is 16.0. The van der Waals surface area contributed by atoms with Gasteiger partial charge >= 0.3 is 0 Å². The Bertz CT molecular complexity index is 345. The first kappa shape index (κ1) is 23.8. The van der Waals surface area contributed by atoms with E-state index in [1.165, 1.54) is 0 Å². The number of guanidine groups is 1. The van der Waals surface area contributed by atoms with Gasteiger partial charge in [0.15, 0.2) is 5.96 Å². The molecule has 1 heterocycles. The highest BCUT2D eigenvalue weighted by Crippen LogP contribution is 2.04. The van der Waals surface area contributed by atoms with E-state index in [1.54, 1.807) is 7.11 Å². The molecule has 0 radical (unpaired) electrons. The fourth-order valence-electron chi connectivity index (χ4n) is 2.71. The zero-order chi connectivity index (χ0) is 17.1. The van der Waals surface area contributed by atoms with E-state index in [0.29, 0.717) is 6.04 Å². The summed E-state index contributed by atoms with van der Waals surface area (Å²) in [4.78, 5) is 11.4. The number of aliphatic imine (C=N–C) groups is 1. The highest BCUT2D eigenvalue weighted by atomic mass is 127. The van der Waals surface area contributed by atoms with Gasteiger partial charge in [-0.05, 0) is 27.6 Å². The third kappa shape index (κ3) is 9.97. The lowest BCUT2D eigenvalue weighted by molar-refractivity contribution is 0.116. The molecule has 2 N–H and O–H groups in total. The van der Waals surface area contributed by atoms with Gasteiger partial charge in [-0.3, -0.25) is 9.89 Å². The molecule has 0 saturated carbocycles. The van der Waals surface area contributed by atoms with Gasteiger partial charge in [0.1, 0.15) is 0 Å². The fourth-order valence-corrected chi connectivity index (χ4v) is 2.71. The molecule has 1 rings (SSSR count). The number of halogens is 1. The van der Waals surface area contributed by atoms with Crippen LogP contribution in [0.3, 0.4) is 0 Å². The molecule has 1 aliphatic heterocycles. The quantitative estimate of drug-likeness (QED) is 0.220. The molecule has 1 saturated heterocycles. The van der Waals surface area contributed by atoms with Crippen molar-refractivity contribution in [3.05, 3.63) is 0 Å². The Labute approximate surface area is 165 Å².